The van der Waals surface area contributed by atoms with E-state index in [4.69, 9.17) is 0 Å². The third kappa shape index (κ3) is 6.97. The molecule has 6 nitrogen and oxygen atoms in total. The van der Waals surface area contributed by atoms with Crippen LogP contribution >= 0.6 is 11.3 Å². The van der Waals surface area contributed by atoms with Crippen LogP contribution in [0.4, 0.5) is 18.3 Å². The van der Waals surface area contributed by atoms with Crippen LogP contribution in [-0.2, 0) is 4.74 Å². The SMILES string of the molecule is Cc1nc(N(O)CNCCOCC(F)(F)F)sc1C#Cc1ccncc1. The van der Waals surface area contributed by atoms with Crippen LogP contribution in [0, 0.1) is 18.8 Å². The molecule has 0 atom stereocenters. The van der Waals surface area contributed by atoms with Gasteiger partial charge in [0, 0.05) is 24.5 Å². The highest BCUT2D eigenvalue weighted by molar-refractivity contribution is 7.16. The Bertz CT molecular complexity index is 756. The summed E-state index contributed by atoms with van der Waals surface area (Å²) in [6.07, 6.45) is -1.04. The number of halogens is 3. The first-order chi connectivity index (χ1) is 12.3. The predicted octanol–water partition coefficient (Wildman–Crippen LogP) is 2.57. The van der Waals surface area contributed by atoms with Crippen molar-refractivity contribution in [3.8, 4) is 11.8 Å². The molecule has 0 amide bonds. The minimum atomic E-state index is -4.34. The van der Waals surface area contributed by atoms with E-state index in [1.807, 2.05) is 0 Å². The Hall–Kier alpha value is -2.19. The lowest BCUT2D eigenvalue weighted by Gasteiger charge is -2.14. The molecule has 0 aliphatic heterocycles. The lowest BCUT2D eigenvalue weighted by atomic mass is 10.2. The maximum Gasteiger partial charge on any atom is 0.411 e. The molecule has 2 aromatic heterocycles. The van der Waals surface area contributed by atoms with Crippen molar-refractivity contribution in [3.05, 3.63) is 40.7 Å². The van der Waals surface area contributed by atoms with E-state index >= 15 is 0 Å². The Morgan fingerprint density at radius 2 is 2.04 bits per heavy atom. The van der Waals surface area contributed by atoms with E-state index in [0.29, 0.717) is 15.7 Å². The fraction of sp³-hybridized carbons (Fsp3) is 0.375. The van der Waals surface area contributed by atoms with Crippen molar-refractivity contribution in [2.75, 3.05) is 31.5 Å². The minimum absolute atomic E-state index is 0.000442. The first-order valence-corrected chi connectivity index (χ1v) is 8.38. The zero-order valence-electron chi connectivity index (χ0n) is 13.9. The summed E-state index contributed by atoms with van der Waals surface area (Å²) < 4.78 is 40.2. The molecule has 0 spiro atoms. The zero-order valence-corrected chi connectivity index (χ0v) is 14.7. The van der Waals surface area contributed by atoms with Gasteiger partial charge in [0.2, 0.25) is 5.13 Å². The van der Waals surface area contributed by atoms with Gasteiger partial charge in [-0.3, -0.25) is 15.5 Å². The number of ether oxygens (including phenoxy) is 1. The number of aromatic nitrogens is 2. The van der Waals surface area contributed by atoms with Gasteiger partial charge in [-0.25, -0.2) is 10.0 Å². The van der Waals surface area contributed by atoms with Crippen LogP contribution < -0.4 is 10.4 Å². The standard InChI is InChI=1S/C16H17F3N4O2S/c1-12-14(3-2-13-4-6-20-7-5-13)26-15(22-12)23(24)11-21-8-9-25-10-16(17,18)19/h4-7,21,24H,8-11H2,1H3. The molecular formula is C16H17F3N4O2S. The van der Waals surface area contributed by atoms with Crippen molar-refractivity contribution < 1.29 is 23.1 Å². The fourth-order valence-electron chi connectivity index (χ4n) is 1.76. The Labute approximate surface area is 152 Å². The Balaban J connectivity index is 1.81. The average molecular weight is 386 g/mol. The molecule has 0 unspecified atom stereocenters. The summed E-state index contributed by atoms with van der Waals surface area (Å²) in [5.41, 5.74) is 1.50. The van der Waals surface area contributed by atoms with Crippen LogP contribution in [0.25, 0.3) is 0 Å². The summed E-state index contributed by atoms with van der Waals surface area (Å²) in [7, 11) is 0. The normalized spacial score (nSPS) is 11.1. The Morgan fingerprint density at radius 3 is 2.73 bits per heavy atom. The molecule has 2 aromatic rings. The van der Waals surface area contributed by atoms with Crippen molar-refractivity contribution in [2.24, 2.45) is 0 Å². The number of hydrogen-bond acceptors (Lipinski definition) is 7. The van der Waals surface area contributed by atoms with Crippen LogP contribution in [0.2, 0.25) is 0 Å². The summed E-state index contributed by atoms with van der Waals surface area (Å²) in [6.45, 7) is 0.532. The summed E-state index contributed by atoms with van der Waals surface area (Å²) in [5, 5.41) is 13.9. The lowest BCUT2D eigenvalue weighted by molar-refractivity contribution is -0.173. The largest absolute Gasteiger partial charge is 0.411 e. The van der Waals surface area contributed by atoms with Gasteiger partial charge in [0.1, 0.15) is 11.5 Å². The fourth-order valence-corrected chi connectivity index (χ4v) is 2.59. The highest BCUT2D eigenvalue weighted by atomic mass is 32.1. The van der Waals surface area contributed by atoms with Crippen molar-refractivity contribution in [2.45, 2.75) is 13.1 Å². The number of hydrogen-bond donors (Lipinski definition) is 2. The van der Waals surface area contributed by atoms with Gasteiger partial charge in [0.25, 0.3) is 0 Å². The van der Waals surface area contributed by atoms with Gasteiger partial charge in [-0.15, -0.1) is 0 Å². The molecule has 26 heavy (non-hydrogen) atoms. The van der Waals surface area contributed by atoms with E-state index in [2.05, 4.69) is 31.9 Å². The minimum Gasteiger partial charge on any atom is -0.371 e. The maximum absolute atomic E-state index is 11.9. The molecule has 0 radical (unpaired) electrons. The molecular weight excluding hydrogens is 369 g/mol. The van der Waals surface area contributed by atoms with Gasteiger partial charge in [-0.2, -0.15) is 13.2 Å². The number of aryl methyl sites for hydroxylation is 1. The van der Waals surface area contributed by atoms with Crippen molar-refractivity contribution in [1.82, 2.24) is 15.3 Å². The quantitative estimate of drug-likeness (QED) is 0.330. The molecule has 0 bridgehead atoms. The molecule has 0 aliphatic carbocycles. The van der Waals surface area contributed by atoms with Crippen LogP contribution in [0.15, 0.2) is 24.5 Å². The second-order valence-corrected chi connectivity index (χ2v) is 6.10. The summed E-state index contributed by atoms with van der Waals surface area (Å²) in [6, 6.07) is 3.57. The molecule has 0 saturated heterocycles. The molecule has 2 rings (SSSR count). The number of nitrogens with one attached hydrogen (secondary N) is 1. The van der Waals surface area contributed by atoms with E-state index in [9.17, 15) is 18.4 Å². The van der Waals surface area contributed by atoms with Gasteiger partial charge >= 0.3 is 6.18 Å². The number of anilines is 1. The van der Waals surface area contributed by atoms with Crippen LogP contribution in [0.3, 0.4) is 0 Å². The van der Waals surface area contributed by atoms with E-state index in [-0.39, 0.29) is 19.8 Å². The van der Waals surface area contributed by atoms with Crippen LogP contribution in [-0.4, -0.2) is 47.8 Å². The van der Waals surface area contributed by atoms with Crippen molar-refractivity contribution in [3.63, 3.8) is 0 Å². The second kappa shape index (κ2) is 9.49. The Morgan fingerprint density at radius 1 is 1.31 bits per heavy atom. The number of alkyl halides is 3. The zero-order chi connectivity index (χ0) is 19.0. The van der Waals surface area contributed by atoms with Crippen molar-refractivity contribution >= 4 is 16.5 Å². The molecule has 2 heterocycles. The predicted molar refractivity (Wildman–Crippen MR) is 91.1 cm³/mol. The first kappa shape index (κ1) is 20.1. The van der Waals surface area contributed by atoms with E-state index in [0.717, 1.165) is 10.6 Å². The summed E-state index contributed by atoms with van der Waals surface area (Å²) >= 11 is 1.21. The molecule has 0 aromatic carbocycles. The van der Waals surface area contributed by atoms with Gasteiger partial charge in [0.05, 0.1) is 19.0 Å². The van der Waals surface area contributed by atoms with E-state index in [1.54, 1.807) is 31.5 Å². The number of thiazole rings is 1. The molecule has 140 valence electrons. The van der Waals surface area contributed by atoms with Crippen LogP contribution in [0.5, 0.6) is 0 Å². The van der Waals surface area contributed by atoms with Gasteiger partial charge in [0.15, 0.2) is 0 Å². The number of nitrogens with zero attached hydrogens (tertiary/aromatic N) is 3. The van der Waals surface area contributed by atoms with Crippen LogP contribution in [0.1, 0.15) is 16.1 Å². The lowest BCUT2D eigenvalue weighted by Crippen LogP contribution is -2.34. The van der Waals surface area contributed by atoms with Gasteiger partial charge in [-0.1, -0.05) is 17.3 Å². The van der Waals surface area contributed by atoms with E-state index in [1.165, 1.54) is 11.3 Å². The molecule has 0 saturated carbocycles. The molecule has 10 heteroatoms. The maximum atomic E-state index is 11.9. The smallest absolute Gasteiger partial charge is 0.371 e. The first-order valence-electron chi connectivity index (χ1n) is 7.56. The highest BCUT2D eigenvalue weighted by Gasteiger charge is 2.27. The molecule has 2 N–H and O–H groups in total. The second-order valence-electron chi connectivity index (χ2n) is 5.12. The number of rotatable bonds is 7. The number of pyridine rings is 1. The molecule has 0 fully saturated rings. The molecule has 0 aliphatic rings. The topological polar surface area (TPSA) is 70.5 Å². The monoisotopic (exact) mass is 386 g/mol. The van der Waals surface area contributed by atoms with Crippen molar-refractivity contribution in [1.29, 1.82) is 0 Å². The highest BCUT2D eigenvalue weighted by Crippen LogP contribution is 2.24. The average Bonchev–Trinajstić information content (AvgIpc) is 2.97. The number of hydroxylamine groups is 1. The van der Waals surface area contributed by atoms with Gasteiger partial charge in [-0.05, 0) is 25.0 Å². The third-order valence-electron chi connectivity index (χ3n) is 2.96. The third-order valence-corrected chi connectivity index (χ3v) is 4.04. The summed E-state index contributed by atoms with van der Waals surface area (Å²) in [5.74, 6) is 5.98. The van der Waals surface area contributed by atoms with E-state index < -0.39 is 12.8 Å². The van der Waals surface area contributed by atoms with Gasteiger partial charge < -0.3 is 4.74 Å². The Kier molecular flexibility index (Phi) is 7.35. The summed E-state index contributed by atoms with van der Waals surface area (Å²) in [4.78, 5) is 8.86.